The number of sulfone groups is 1. The van der Waals surface area contributed by atoms with Crippen molar-refractivity contribution in [1.29, 1.82) is 0 Å². The second-order valence-electron chi connectivity index (χ2n) is 7.56. The number of carbonyl (C=O) groups is 1. The Morgan fingerprint density at radius 2 is 1.83 bits per heavy atom. The molecule has 0 aliphatic heterocycles. The Balaban J connectivity index is 4.01. The van der Waals surface area contributed by atoms with Crippen molar-refractivity contribution in [3.63, 3.8) is 0 Å². The minimum absolute atomic E-state index is 0.129. The predicted octanol–water partition coefficient (Wildman–Crippen LogP) is 0.234. The number of amides is 1. The molecule has 9 nitrogen and oxygen atoms in total. The lowest BCUT2D eigenvalue weighted by molar-refractivity contribution is -0.114. The molecule has 2 N–H and O–H groups in total. The standard InChI is InChI=1S/C19H40N6O3S/c1-7-29(27,28)14-13-25(6)12-9-17(2)23-18(3)22-16-20-15-19(26)21-10-8-11-24(4)5/h15-18,23H,7-14H2,1-6H3,(H,21,26)/b20-15+,22-16-. The van der Waals surface area contributed by atoms with E-state index in [2.05, 4.69) is 32.4 Å². The quantitative estimate of drug-likeness (QED) is 0.205. The molecule has 10 heteroatoms. The molecule has 0 aliphatic rings. The second-order valence-corrected chi connectivity index (χ2v) is 10.0. The zero-order chi connectivity index (χ0) is 22.3. The zero-order valence-electron chi connectivity index (χ0n) is 18.9. The third-order valence-corrected chi connectivity index (χ3v) is 6.01. The van der Waals surface area contributed by atoms with Gasteiger partial charge in [0.2, 0.25) is 0 Å². The molecule has 0 bridgehead atoms. The van der Waals surface area contributed by atoms with E-state index in [0.717, 1.165) is 25.9 Å². The van der Waals surface area contributed by atoms with Gasteiger partial charge in [-0.25, -0.2) is 13.4 Å². The van der Waals surface area contributed by atoms with Gasteiger partial charge in [0.05, 0.1) is 18.1 Å². The third kappa shape index (κ3) is 17.2. The van der Waals surface area contributed by atoms with Crippen molar-refractivity contribution in [2.75, 3.05) is 58.8 Å². The van der Waals surface area contributed by atoms with Gasteiger partial charge in [0.25, 0.3) is 5.91 Å². The third-order valence-electron chi connectivity index (χ3n) is 4.32. The number of nitrogens with zero attached hydrogens (tertiary/aromatic N) is 4. The summed E-state index contributed by atoms with van der Waals surface area (Å²) < 4.78 is 23.1. The summed E-state index contributed by atoms with van der Waals surface area (Å²) >= 11 is 0. The van der Waals surface area contributed by atoms with Crippen LogP contribution in [0, 0.1) is 0 Å². The first-order chi connectivity index (χ1) is 13.6. The van der Waals surface area contributed by atoms with Crippen molar-refractivity contribution in [1.82, 2.24) is 20.4 Å². The molecule has 0 spiro atoms. The van der Waals surface area contributed by atoms with Crippen molar-refractivity contribution >= 4 is 28.3 Å². The summed E-state index contributed by atoms with van der Waals surface area (Å²) in [6.07, 6.45) is 4.25. The van der Waals surface area contributed by atoms with E-state index in [-0.39, 0.29) is 29.6 Å². The van der Waals surface area contributed by atoms with Crippen LogP contribution in [-0.4, -0.2) is 108 Å². The van der Waals surface area contributed by atoms with Gasteiger partial charge in [-0.3, -0.25) is 15.1 Å². The fraction of sp³-hybridized carbons (Fsp3) is 0.842. The number of nitrogens with one attached hydrogen (secondary N) is 2. The van der Waals surface area contributed by atoms with E-state index in [1.807, 2.05) is 33.0 Å². The minimum Gasteiger partial charge on any atom is -0.351 e. The maximum absolute atomic E-state index is 11.6. The lowest BCUT2D eigenvalue weighted by atomic mass is 10.2. The molecule has 0 aromatic heterocycles. The van der Waals surface area contributed by atoms with Gasteiger partial charge < -0.3 is 15.1 Å². The number of rotatable bonds is 16. The monoisotopic (exact) mass is 432 g/mol. The first kappa shape index (κ1) is 27.6. The molecule has 29 heavy (non-hydrogen) atoms. The van der Waals surface area contributed by atoms with E-state index in [1.54, 1.807) is 6.92 Å². The van der Waals surface area contributed by atoms with Crippen LogP contribution in [0.1, 0.15) is 33.6 Å². The molecule has 0 saturated heterocycles. The highest BCUT2D eigenvalue weighted by molar-refractivity contribution is 7.91. The summed E-state index contributed by atoms with van der Waals surface area (Å²) in [6, 6.07) is 0.219. The predicted molar refractivity (Wildman–Crippen MR) is 122 cm³/mol. The van der Waals surface area contributed by atoms with Gasteiger partial charge in [-0.05, 0) is 60.9 Å². The minimum atomic E-state index is -2.92. The molecule has 0 rings (SSSR count). The molecule has 0 heterocycles. The molecule has 2 unspecified atom stereocenters. The van der Waals surface area contributed by atoms with Crippen LogP contribution in [0.2, 0.25) is 0 Å². The number of hydrogen-bond donors (Lipinski definition) is 2. The van der Waals surface area contributed by atoms with Crippen LogP contribution in [0.4, 0.5) is 0 Å². The van der Waals surface area contributed by atoms with Gasteiger partial charge in [0, 0.05) is 24.9 Å². The number of aliphatic imine (C=N–C) groups is 2. The molecule has 0 aromatic rings. The van der Waals surface area contributed by atoms with Gasteiger partial charge in [-0.1, -0.05) is 6.92 Å². The number of carbonyl (C=O) groups excluding carboxylic acids is 1. The van der Waals surface area contributed by atoms with Gasteiger partial charge >= 0.3 is 0 Å². The summed E-state index contributed by atoms with van der Waals surface area (Å²) in [5.74, 6) is 0.163. The lowest BCUT2D eigenvalue weighted by Crippen LogP contribution is -2.36. The molecule has 2 atom stereocenters. The smallest absolute Gasteiger partial charge is 0.262 e. The maximum Gasteiger partial charge on any atom is 0.262 e. The Kier molecular flexibility index (Phi) is 14.8. The average molecular weight is 433 g/mol. The van der Waals surface area contributed by atoms with Crippen molar-refractivity contribution in [3.8, 4) is 0 Å². The van der Waals surface area contributed by atoms with Crippen LogP contribution < -0.4 is 10.6 Å². The fourth-order valence-corrected chi connectivity index (χ4v) is 3.27. The van der Waals surface area contributed by atoms with Crippen molar-refractivity contribution < 1.29 is 13.2 Å². The first-order valence-corrected chi connectivity index (χ1v) is 12.0. The van der Waals surface area contributed by atoms with E-state index < -0.39 is 9.84 Å². The van der Waals surface area contributed by atoms with Crippen molar-refractivity contribution in [3.05, 3.63) is 0 Å². The molecular weight excluding hydrogens is 392 g/mol. The summed E-state index contributed by atoms with van der Waals surface area (Å²) in [5, 5.41) is 6.11. The van der Waals surface area contributed by atoms with Crippen LogP contribution >= 0.6 is 0 Å². The Hall–Kier alpha value is -1.36. The Morgan fingerprint density at radius 1 is 1.14 bits per heavy atom. The van der Waals surface area contributed by atoms with Crippen LogP contribution in [0.5, 0.6) is 0 Å². The van der Waals surface area contributed by atoms with Crippen LogP contribution in [-0.2, 0) is 14.6 Å². The Labute approximate surface area is 177 Å². The van der Waals surface area contributed by atoms with E-state index >= 15 is 0 Å². The highest BCUT2D eigenvalue weighted by atomic mass is 32.2. The van der Waals surface area contributed by atoms with Crippen LogP contribution in [0.15, 0.2) is 9.98 Å². The van der Waals surface area contributed by atoms with Crippen molar-refractivity contribution in [2.45, 2.75) is 45.8 Å². The largest absolute Gasteiger partial charge is 0.351 e. The molecule has 0 aromatic carbocycles. The molecule has 0 saturated carbocycles. The first-order valence-electron chi connectivity index (χ1n) is 10.2. The molecular formula is C19H40N6O3S. The highest BCUT2D eigenvalue weighted by Gasteiger charge is 2.11. The number of hydrogen-bond acceptors (Lipinski definition) is 7. The summed E-state index contributed by atoms with van der Waals surface area (Å²) in [4.78, 5) is 23.9. The zero-order valence-corrected chi connectivity index (χ0v) is 19.7. The Bertz CT molecular complexity index is 607. The summed E-state index contributed by atoms with van der Waals surface area (Å²) in [6.45, 7) is 8.54. The van der Waals surface area contributed by atoms with Crippen LogP contribution in [0.25, 0.3) is 0 Å². The molecule has 0 fully saturated rings. The van der Waals surface area contributed by atoms with Crippen LogP contribution in [0.3, 0.4) is 0 Å². The lowest BCUT2D eigenvalue weighted by Gasteiger charge is -2.21. The van der Waals surface area contributed by atoms with E-state index in [1.165, 1.54) is 12.6 Å². The summed E-state index contributed by atoms with van der Waals surface area (Å²) in [7, 11) is 3.00. The normalized spacial score (nSPS) is 14.9. The maximum atomic E-state index is 11.6. The molecule has 0 aliphatic carbocycles. The molecule has 170 valence electrons. The van der Waals surface area contributed by atoms with Crippen molar-refractivity contribution in [2.24, 2.45) is 9.98 Å². The SMILES string of the molecule is CCS(=O)(=O)CCN(C)CCC(C)NC(C)/N=C\N=C\C(=O)NCCCN(C)C. The molecule has 1 amide bonds. The fourth-order valence-electron chi connectivity index (χ4n) is 2.40. The topological polar surface area (TPSA) is 106 Å². The van der Waals surface area contributed by atoms with Gasteiger partial charge in [-0.2, -0.15) is 0 Å². The second kappa shape index (κ2) is 15.5. The van der Waals surface area contributed by atoms with Gasteiger partial charge in [0.1, 0.15) is 6.34 Å². The van der Waals surface area contributed by atoms with E-state index in [4.69, 9.17) is 0 Å². The van der Waals surface area contributed by atoms with E-state index in [9.17, 15) is 13.2 Å². The molecule has 0 radical (unpaired) electrons. The highest BCUT2D eigenvalue weighted by Crippen LogP contribution is 1.98. The summed E-state index contributed by atoms with van der Waals surface area (Å²) in [5.41, 5.74) is 0. The van der Waals surface area contributed by atoms with Gasteiger partial charge in [0.15, 0.2) is 9.84 Å². The van der Waals surface area contributed by atoms with Gasteiger partial charge in [-0.15, -0.1) is 0 Å². The Morgan fingerprint density at radius 3 is 2.45 bits per heavy atom. The van der Waals surface area contributed by atoms with E-state index in [0.29, 0.717) is 13.1 Å². The average Bonchev–Trinajstić information content (AvgIpc) is 2.65.